The minimum Gasteiger partial charge on any atom is -0.388 e. The molecule has 1 unspecified atom stereocenters. The van der Waals surface area contributed by atoms with E-state index in [-0.39, 0.29) is 13.2 Å². The summed E-state index contributed by atoms with van der Waals surface area (Å²) in [4.78, 5) is 4.28. The SMILES string of the molecule is OCc1nc2ccccc2n1CC(O)c1ccc(C(F)(F)F)cc1. The fourth-order valence-corrected chi connectivity index (χ4v) is 2.62. The van der Waals surface area contributed by atoms with Gasteiger partial charge in [0.25, 0.3) is 0 Å². The zero-order valence-corrected chi connectivity index (χ0v) is 12.5. The Bertz CT molecular complexity index is 841. The molecule has 3 rings (SSSR count). The molecule has 7 heteroatoms. The van der Waals surface area contributed by atoms with Crippen LogP contribution in [0.4, 0.5) is 13.2 Å². The lowest BCUT2D eigenvalue weighted by atomic mass is 10.1. The Balaban J connectivity index is 1.88. The molecule has 4 nitrogen and oxygen atoms in total. The molecule has 2 N–H and O–H groups in total. The number of hydrogen-bond donors (Lipinski definition) is 2. The number of para-hydroxylation sites is 2. The van der Waals surface area contributed by atoms with Crippen LogP contribution in [0, 0.1) is 0 Å². The molecular formula is C17H15F3N2O2. The van der Waals surface area contributed by atoms with E-state index in [1.165, 1.54) is 12.1 Å². The third-order valence-corrected chi connectivity index (χ3v) is 3.85. The van der Waals surface area contributed by atoms with Crippen LogP contribution in [0.3, 0.4) is 0 Å². The first-order valence-electron chi connectivity index (χ1n) is 7.30. The number of imidazole rings is 1. The highest BCUT2D eigenvalue weighted by molar-refractivity contribution is 5.75. The van der Waals surface area contributed by atoms with Crippen molar-refractivity contribution in [3.05, 3.63) is 65.5 Å². The van der Waals surface area contributed by atoms with Crippen molar-refractivity contribution in [2.75, 3.05) is 0 Å². The van der Waals surface area contributed by atoms with E-state index in [9.17, 15) is 23.4 Å². The summed E-state index contributed by atoms with van der Waals surface area (Å²) in [5, 5.41) is 19.8. The summed E-state index contributed by atoms with van der Waals surface area (Å²) in [7, 11) is 0. The van der Waals surface area contributed by atoms with Crippen molar-refractivity contribution < 1.29 is 23.4 Å². The zero-order valence-electron chi connectivity index (χ0n) is 12.5. The van der Waals surface area contributed by atoms with Gasteiger partial charge in [-0.2, -0.15) is 13.2 Å². The van der Waals surface area contributed by atoms with Gasteiger partial charge in [-0.05, 0) is 29.8 Å². The molecule has 0 amide bonds. The molecule has 1 atom stereocenters. The molecule has 3 aromatic rings. The second-order valence-electron chi connectivity index (χ2n) is 5.42. The predicted octanol–water partition coefficient (Wildman–Crippen LogP) is 3.28. The smallest absolute Gasteiger partial charge is 0.388 e. The fourth-order valence-electron chi connectivity index (χ4n) is 2.62. The van der Waals surface area contributed by atoms with Gasteiger partial charge < -0.3 is 14.8 Å². The highest BCUT2D eigenvalue weighted by Crippen LogP contribution is 2.30. The molecule has 24 heavy (non-hydrogen) atoms. The minimum atomic E-state index is -4.41. The molecule has 0 radical (unpaired) electrons. The lowest BCUT2D eigenvalue weighted by molar-refractivity contribution is -0.137. The summed E-state index contributed by atoms with van der Waals surface area (Å²) < 4.78 is 39.5. The Morgan fingerprint density at radius 2 is 1.71 bits per heavy atom. The number of aliphatic hydroxyl groups is 2. The summed E-state index contributed by atoms with van der Waals surface area (Å²) in [6, 6.07) is 11.6. The van der Waals surface area contributed by atoms with E-state index in [0.717, 1.165) is 17.6 Å². The van der Waals surface area contributed by atoms with E-state index in [1.807, 2.05) is 12.1 Å². The van der Waals surface area contributed by atoms with Gasteiger partial charge in [0.05, 0.1) is 29.2 Å². The number of halogens is 3. The van der Waals surface area contributed by atoms with Crippen LogP contribution in [0.25, 0.3) is 11.0 Å². The largest absolute Gasteiger partial charge is 0.416 e. The van der Waals surface area contributed by atoms with E-state index in [1.54, 1.807) is 16.7 Å². The van der Waals surface area contributed by atoms with Crippen LogP contribution in [0.15, 0.2) is 48.5 Å². The predicted molar refractivity (Wildman–Crippen MR) is 82.1 cm³/mol. The van der Waals surface area contributed by atoms with Gasteiger partial charge in [0.1, 0.15) is 12.4 Å². The Morgan fingerprint density at radius 3 is 2.33 bits per heavy atom. The number of rotatable bonds is 4. The quantitative estimate of drug-likeness (QED) is 0.769. The lowest BCUT2D eigenvalue weighted by Crippen LogP contribution is -2.12. The van der Waals surface area contributed by atoms with E-state index in [2.05, 4.69) is 4.98 Å². The number of alkyl halides is 3. The summed E-state index contributed by atoms with van der Waals surface area (Å²) in [5.41, 5.74) is 1.03. The van der Waals surface area contributed by atoms with Gasteiger partial charge in [-0.15, -0.1) is 0 Å². The topological polar surface area (TPSA) is 58.3 Å². The Labute approximate surface area is 135 Å². The van der Waals surface area contributed by atoms with Crippen LogP contribution >= 0.6 is 0 Å². The van der Waals surface area contributed by atoms with Crippen molar-refractivity contribution in [3.63, 3.8) is 0 Å². The molecular weight excluding hydrogens is 321 g/mol. The molecule has 1 heterocycles. The van der Waals surface area contributed by atoms with E-state index >= 15 is 0 Å². The highest BCUT2D eigenvalue weighted by atomic mass is 19.4. The normalized spacial score (nSPS) is 13.4. The number of hydrogen-bond acceptors (Lipinski definition) is 3. The van der Waals surface area contributed by atoms with Crippen LogP contribution < -0.4 is 0 Å². The van der Waals surface area contributed by atoms with Crippen LogP contribution in [0.1, 0.15) is 23.1 Å². The van der Waals surface area contributed by atoms with Gasteiger partial charge in [0, 0.05) is 0 Å². The third kappa shape index (κ3) is 3.13. The molecule has 0 aliphatic carbocycles. The maximum Gasteiger partial charge on any atom is 0.416 e. The van der Waals surface area contributed by atoms with Crippen LogP contribution in [0.5, 0.6) is 0 Å². The summed E-state index contributed by atoms with van der Waals surface area (Å²) in [6.07, 6.45) is -5.43. The maximum absolute atomic E-state index is 12.6. The molecule has 0 bridgehead atoms. The Kier molecular flexibility index (Phi) is 4.29. The fraction of sp³-hybridized carbons (Fsp3) is 0.235. The van der Waals surface area contributed by atoms with Crippen molar-refractivity contribution in [1.82, 2.24) is 9.55 Å². The zero-order chi connectivity index (χ0) is 17.3. The molecule has 0 aliphatic rings. The van der Waals surface area contributed by atoms with Gasteiger partial charge in [-0.3, -0.25) is 0 Å². The average molecular weight is 336 g/mol. The molecule has 0 saturated heterocycles. The van der Waals surface area contributed by atoms with Gasteiger partial charge in [-0.1, -0.05) is 24.3 Å². The molecule has 0 spiro atoms. The Hall–Kier alpha value is -2.38. The number of aliphatic hydroxyl groups excluding tert-OH is 2. The first kappa shape index (κ1) is 16.5. The van der Waals surface area contributed by atoms with Crippen molar-refractivity contribution in [2.45, 2.75) is 25.4 Å². The third-order valence-electron chi connectivity index (χ3n) is 3.85. The summed E-state index contributed by atoms with van der Waals surface area (Å²) >= 11 is 0. The molecule has 0 saturated carbocycles. The van der Waals surface area contributed by atoms with Crippen LogP contribution in [0.2, 0.25) is 0 Å². The summed E-state index contributed by atoms with van der Waals surface area (Å²) in [6.45, 7) is -0.212. The first-order valence-corrected chi connectivity index (χ1v) is 7.30. The number of benzene rings is 2. The van der Waals surface area contributed by atoms with Crippen LogP contribution in [-0.2, 0) is 19.3 Å². The minimum absolute atomic E-state index is 0.0851. The van der Waals surface area contributed by atoms with Crippen molar-refractivity contribution in [3.8, 4) is 0 Å². The standard InChI is InChI=1S/C17H15F3N2O2/c18-17(19,20)12-7-5-11(6-8-12)15(24)9-22-14-4-2-1-3-13(14)21-16(22)10-23/h1-8,15,23-24H,9-10H2. The van der Waals surface area contributed by atoms with Crippen molar-refractivity contribution in [2.24, 2.45) is 0 Å². The van der Waals surface area contributed by atoms with Crippen molar-refractivity contribution in [1.29, 1.82) is 0 Å². The summed E-state index contributed by atoms with van der Waals surface area (Å²) in [5.74, 6) is 0.391. The number of fused-ring (bicyclic) bond motifs is 1. The molecule has 0 aliphatic heterocycles. The second-order valence-corrected chi connectivity index (χ2v) is 5.42. The van der Waals surface area contributed by atoms with Gasteiger partial charge >= 0.3 is 6.18 Å². The molecule has 1 aromatic heterocycles. The van der Waals surface area contributed by atoms with Gasteiger partial charge in [0.2, 0.25) is 0 Å². The van der Waals surface area contributed by atoms with Gasteiger partial charge in [0.15, 0.2) is 0 Å². The lowest BCUT2D eigenvalue weighted by Gasteiger charge is -2.15. The highest BCUT2D eigenvalue weighted by Gasteiger charge is 2.30. The van der Waals surface area contributed by atoms with E-state index in [0.29, 0.717) is 16.9 Å². The average Bonchev–Trinajstić information content (AvgIpc) is 2.92. The van der Waals surface area contributed by atoms with Gasteiger partial charge in [-0.25, -0.2) is 4.98 Å². The molecule has 2 aromatic carbocycles. The van der Waals surface area contributed by atoms with E-state index in [4.69, 9.17) is 0 Å². The molecule has 0 fully saturated rings. The molecule has 126 valence electrons. The number of aromatic nitrogens is 2. The monoisotopic (exact) mass is 336 g/mol. The maximum atomic E-state index is 12.6. The second kappa shape index (κ2) is 6.26. The number of nitrogens with zero attached hydrogens (tertiary/aromatic N) is 2. The van der Waals surface area contributed by atoms with E-state index < -0.39 is 17.8 Å². The Morgan fingerprint density at radius 1 is 1.04 bits per heavy atom. The van der Waals surface area contributed by atoms with Crippen molar-refractivity contribution >= 4 is 11.0 Å². The first-order chi connectivity index (χ1) is 11.4. The van der Waals surface area contributed by atoms with Crippen LogP contribution in [-0.4, -0.2) is 19.8 Å².